The molecule has 4 rings (SSSR count). The monoisotopic (exact) mass is 548 g/mol. The van der Waals surface area contributed by atoms with E-state index in [1.54, 1.807) is 48.5 Å². The minimum absolute atomic E-state index is 0.139. The summed E-state index contributed by atoms with van der Waals surface area (Å²) in [7, 11) is -4.62. The summed E-state index contributed by atoms with van der Waals surface area (Å²) in [5.41, 5.74) is 0.701. The maximum atomic E-state index is 14.7. The average molecular weight is 549 g/mol. The van der Waals surface area contributed by atoms with E-state index in [9.17, 15) is 36.4 Å². The Labute approximate surface area is 216 Å². The number of alkyl halides is 2. The van der Waals surface area contributed by atoms with E-state index in [0.717, 1.165) is 0 Å². The van der Waals surface area contributed by atoms with Gasteiger partial charge in [0.25, 0.3) is 10.1 Å². The lowest BCUT2D eigenvalue weighted by Gasteiger charge is -2.23. The Morgan fingerprint density at radius 3 is 2.18 bits per heavy atom. The van der Waals surface area contributed by atoms with Crippen molar-refractivity contribution in [3.05, 3.63) is 95.6 Å². The number of aliphatic hydroxyl groups excluding tert-OH is 1. The highest BCUT2D eigenvalue weighted by Gasteiger charge is 2.61. The summed E-state index contributed by atoms with van der Waals surface area (Å²) in [5, 5.41) is 9.72. The minimum atomic E-state index is -4.62. The highest BCUT2D eigenvalue weighted by molar-refractivity contribution is 7.85. The average Bonchev–Trinajstić information content (AvgIpc) is 3.10. The third kappa shape index (κ3) is 6.22. The molecule has 12 heteroatoms. The summed E-state index contributed by atoms with van der Waals surface area (Å²) in [4.78, 5) is 25.2. The summed E-state index contributed by atoms with van der Waals surface area (Å²) in [6.45, 7) is -0.775. The molecular weight excluding hydrogens is 526 g/mol. The quantitative estimate of drug-likeness (QED) is 0.320. The summed E-state index contributed by atoms with van der Waals surface area (Å²) < 4.78 is 76.9. The molecule has 3 atom stereocenters. The van der Waals surface area contributed by atoms with Crippen LogP contribution in [-0.4, -0.2) is 61.0 Å². The van der Waals surface area contributed by atoms with Gasteiger partial charge in [0.1, 0.15) is 18.5 Å². The van der Waals surface area contributed by atoms with Gasteiger partial charge in [-0.1, -0.05) is 54.6 Å². The zero-order valence-electron chi connectivity index (χ0n) is 19.6. The van der Waals surface area contributed by atoms with E-state index in [4.69, 9.17) is 14.2 Å². The number of aliphatic hydroxyl groups is 1. The molecule has 0 aromatic heterocycles. The second-order valence-corrected chi connectivity index (χ2v) is 9.91. The number of halogens is 2. The van der Waals surface area contributed by atoms with Crippen molar-refractivity contribution in [2.75, 3.05) is 6.61 Å². The van der Waals surface area contributed by atoms with Gasteiger partial charge in [-0.25, -0.2) is 9.59 Å². The highest BCUT2D eigenvalue weighted by atomic mass is 32.2. The molecule has 0 aliphatic carbocycles. The maximum Gasteiger partial charge on any atom is 0.339 e. The smallest absolute Gasteiger partial charge is 0.339 e. The molecule has 1 fully saturated rings. The first-order chi connectivity index (χ1) is 18.0. The van der Waals surface area contributed by atoms with E-state index in [1.807, 2.05) is 0 Å². The van der Waals surface area contributed by atoms with Crippen molar-refractivity contribution in [1.82, 2.24) is 0 Å². The minimum Gasteiger partial charge on any atom is -0.459 e. The van der Waals surface area contributed by atoms with Crippen molar-refractivity contribution in [3.8, 4) is 11.1 Å². The number of esters is 2. The molecule has 3 aromatic carbocycles. The lowest BCUT2D eigenvalue weighted by molar-refractivity contribution is -0.199. The third-order valence-corrected chi connectivity index (χ3v) is 6.42. The van der Waals surface area contributed by atoms with Crippen LogP contribution < -0.4 is 0 Å². The number of hydrogen-bond donors (Lipinski definition) is 2. The molecule has 1 aliphatic heterocycles. The second kappa shape index (κ2) is 11.0. The van der Waals surface area contributed by atoms with E-state index in [0.29, 0.717) is 11.1 Å². The van der Waals surface area contributed by atoms with Crippen molar-refractivity contribution in [3.63, 3.8) is 0 Å². The van der Waals surface area contributed by atoms with Gasteiger partial charge in [-0.05, 0) is 41.0 Å². The van der Waals surface area contributed by atoms with Crippen LogP contribution in [0, 0.1) is 0 Å². The van der Waals surface area contributed by atoms with E-state index >= 15 is 0 Å². The number of carbonyl (C=O) groups excluding carboxylic acids is 2. The predicted molar refractivity (Wildman–Crippen MR) is 129 cm³/mol. The summed E-state index contributed by atoms with van der Waals surface area (Å²) in [5.74, 6) is -7.27. The zero-order valence-corrected chi connectivity index (χ0v) is 20.4. The second-order valence-electron chi connectivity index (χ2n) is 8.46. The first kappa shape index (κ1) is 27.3. The molecule has 3 aromatic rings. The van der Waals surface area contributed by atoms with Gasteiger partial charge >= 0.3 is 17.9 Å². The van der Waals surface area contributed by atoms with E-state index < -0.39 is 64.4 Å². The van der Waals surface area contributed by atoms with Crippen LogP contribution in [0.15, 0.2) is 78.9 Å². The van der Waals surface area contributed by atoms with Gasteiger partial charge in [-0.3, -0.25) is 4.55 Å². The van der Waals surface area contributed by atoms with Crippen LogP contribution in [-0.2, 0) is 30.1 Å². The van der Waals surface area contributed by atoms with E-state index in [1.165, 1.54) is 30.3 Å². The van der Waals surface area contributed by atoms with Crippen molar-refractivity contribution in [1.29, 1.82) is 0 Å². The third-order valence-electron chi connectivity index (χ3n) is 5.74. The Hall–Kier alpha value is -3.71. The summed E-state index contributed by atoms with van der Waals surface area (Å²) in [6, 6.07) is 20.3. The number of ether oxygens (including phenoxy) is 3. The fourth-order valence-corrected chi connectivity index (χ4v) is 4.54. The topological polar surface area (TPSA) is 136 Å². The lowest BCUT2D eigenvalue weighted by Crippen LogP contribution is -2.44. The number of hydrogen-bond acceptors (Lipinski definition) is 8. The van der Waals surface area contributed by atoms with E-state index in [2.05, 4.69) is 0 Å². The van der Waals surface area contributed by atoms with Crippen LogP contribution in [0.25, 0.3) is 11.1 Å². The maximum absolute atomic E-state index is 14.7. The number of rotatable bonds is 8. The predicted octanol–water partition coefficient (Wildman–Crippen LogP) is 3.48. The Bertz CT molecular complexity index is 1410. The molecule has 1 unspecified atom stereocenters. The molecule has 1 heterocycles. The number of benzene rings is 3. The van der Waals surface area contributed by atoms with Crippen molar-refractivity contribution in [2.45, 2.75) is 30.2 Å². The van der Waals surface area contributed by atoms with Crippen molar-refractivity contribution < 1.29 is 50.7 Å². The zero-order chi connectivity index (χ0) is 27.5. The molecule has 1 saturated heterocycles. The normalized spacial score (nSPS) is 20.6. The molecule has 0 amide bonds. The largest absolute Gasteiger partial charge is 0.459 e. The van der Waals surface area contributed by atoms with Gasteiger partial charge in [0.15, 0.2) is 6.10 Å². The molecule has 1 aliphatic rings. The Balaban J connectivity index is 1.58. The Morgan fingerprint density at radius 2 is 1.55 bits per heavy atom. The van der Waals surface area contributed by atoms with Gasteiger partial charge in [0, 0.05) is 0 Å². The van der Waals surface area contributed by atoms with Crippen LogP contribution >= 0.6 is 0 Å². The van der Waals surface area contributed by atoms with Gasteiger partial charge in [0.2, 0.25) is 6.29 Å². The standard InChI is InChI=1S/C26H22F2O9S/c27-26(28)22(21(36-25(26)31)14-35-23(29)17-9-5-2-6-10-17)37-24(30)20-12-11-18(16-7-3-1-4-8-16)13-19(20)15-38(32,33)34/h1-13,21-22,25,31H,14-15H2,(H,32,33,34)/t21-,22-,25?/m1/s1. The Morgan fingerprint density at radius 1 is 0.921 bits per heavy atom. The van der Waals surface area contributed by atoms with E-state index in [-0.39, 0.29) is 11.1 Å². The first-order valence-electron chi connectivity index (χ1n) is 11.2. The summed E-state index contributed by atoms with van der Waals surface area (Å²) >= 11 is 0. The van der Waals surface area contributed by atoms with Crippen LogP contribution in [0.4, 0.5) is 8.78 Å². The van der Waals surface area contributed by atoms with Crippen LogP contribution in [0.2, 0.25) is 0 Å². The van der Waals surface area contributed by atoms with Gasteiger partial charge < -0.3 is 19.3 Å². The van der Waals surface area contributed by atoms with Gasteiger partial charge in [-0.2, -0.15) is 17.2 Å². The molecule has 0 radical (unpaired) electrons. The molecule has 0 spiro atoms. The highest BCUT2D eigenvalue weighted by Crippen LogP contribution is 2.38. The van der Waals surface area contributed by atoms with Gasteiger partial charge in [-0.15, -0.1) is 0 Å². The van der Waals surface area contributed by atoms with Gasteiger partial charge in [0.05, 0.1) is 11.1 Å². The molecular formula is C26H22F2O9S. The molecule has 0 saturated carbocycles. The lowest BCUT2D eigenvalue weighted by atomic mass is 9.99. The molecule has 38 heavy (non-hydrogen) atoms. The molecule has 0 bridgehead atoms. The Kier molecular flexibility index (Phi) is 7.88. The fourth-order valence-electron chi connectivity index (χ4n) is 3.91. The summed E-state index contributed by atoms with van der Waals surface area (Å²) in [6.07, 6.45) is -6.76. The SMILES string of the molecule is O=C(OC[C@H]1OC(O)C(F)(F)[C@@H]1OC(=O)c1ccc(-c2ccccc2)cc1CS(=O)(=O)O)c1ccccc1. The van der Waals surface area contributed by atoms with Crippen molar-refractivity contribution in [2.24, 2.45) is 0 Å². The molecule has 2 N–H and O–H groups in total. The van der Waals surface area contributed by atoms with Crippen molar-refractivity contribution >= 4 is 22.1 Å². The number of carbonyl (C=O) groups is 2. The van der Waals surface area contributed by atoms with Crippen LogP contribution in [0.1, 0.15) is 26.3 Å². The molecule has 200 valence electrons. The first-order valence-corrected chi connectivity index (χ1v) is 12.8. The fraction of sp³-hybridized carbons (Fsp3) is 0.231. The molecule has 9 nitrogen and oxygen atoms in total. The van der Waals surface area contributed by atoms with Crippen LogP contribution in [0.5, 0.6) is 0 Å². The van der Waals surface area contributed by atoms with Crippen LogP contribution in [0.3, 0.4) is 0 Å².